The largest absolute Gasteiger partial charge is 0.366 e. The minimum atomic E-state index is -2.35. The minimum Gasteiger partial charge on any atom is -0.366 e. The number of nitrogens with two attached hydrogens (primary N) is 1. The molecular weight excluding hydrogens is 386 g/mol. The highest BCUT2D eigenvalue weighted by Crippen LogP contribution is 2.52. The standard InChI is InChI=1S/C24H33N7/c1-16-12-21(18-13-26-29(3)22(18)27-16)30-11-4-20-19(14-30)17(2)28-31(20)15-23-5-8-24(25,9-6-23)10-7-23/h12-13H,4-11,14-15,25H2,1-3H3/i3D3. The summed E-state index contributed by atoms with van der Waals surface area (Å²) < 4.78 is 26.8. The van der Waals surface area contributed by atoms with Crippen LogP contribution in [-0.4, -0.2) is 36.6 Å². The summed E-state index contributed by atoms with van der Waals surface area (Å²) in [5.74, 6) is 0. The molecule has 0 aromatic carbocycles. The van der Waals surface area contributed by atoms with Crippen LogP contribution >= 0.6 is 0 Å². The van der Waals surface area contributed by atoms with Gasteiger partial charge in [-0.2, -0.15) is 10.2 Å². The van der Waals surface area contributed by atoms with Crippen LogP contribution in [0.2, 0.25) is 0 Å². The molecular formula is C24H33N7. The second-order valence-electron chi connectivity index (χ2n) is 10.3. The molecule has 2 N–H and O–H groups in total. The Kier molecular flexibility index (Phi) is 3.43. The second kappa shape index (κ2) is 6.55. The number of aromatic nitrogens is 5. The van der Waals surface area contributed by atoms with Crippen molar-refractivity contribution >= 4 is 16.7 Å². The molecule has 0 spiro atoms. The zero-order valence-corrected chi connectivity index (χ0v) is 18.5. The predicted molar refractivity (Wildman–Crippen MR) is 122 cm³/mol. The van der Waals surface area contributed by atoms with Crippen LogP contribution in [0.1, 0.15) is 65.3 Å². The molecule has 3 aliphatic carbocycles. The average molecular weight is 423 g/mol. The summed E-state index contributed by atoms with van der Waals surface area (Å²) in [4.78, 5) is 6.83. The van der Waals surface area contributed by atoms with E-state index >= 15 is 0 Å². The summed E-state index contributed by atoms with van der Waals surface area (Å²) >= 11 is 0. The SMILES string of the molecule is [2H]C([2H])([2H])n1ncc2c(N3CCc4c(c(C)nn4CC45CCC(N)(CC4)CC5)C3)cc(C)nc21. The summed E-state index contributed by atoms with van der Waals surface area (Å²) in [6.07, 6.45) is 9.63. The Morgan fingerprint density at radius 2 is 1.94 bits per heavy atom. The van der Waals surface area contributed by atoms with Gasteiger partial charge in [0.2, 0.25) is 0 Å². The Labute approximate surface area is 187 Å². The number of nitrogens with zero attached hydrogens (tertiary/aromatic N) is 6. The average Bonchev–Trinajstić information content (AvgIpc) is 3.35. The van der Waals surface area contributed by atoms with Crippen LogP contribution in [0.15, 0.2) is 12.3 Å². The van der Waals surface area contributed by atoms with E-state index in [0.29, 0.717) is 11.1 Å². The van der Waals surface area contributed by atoms with Crippen LogP contribution in [0.3, 0.4) is 0 Å². The van der Waals surface area contributed by atoms with Gasteiger partial charge in [-0.1, -0.05) is 0 Å². The summed E-state index contributed by atoms with van der Waals surface area (Å²) in [6, 6.07) is 2.04. The molecule has 4 aliphatic rings. The second-order valence-corrected chi connectivity index (χ2v) is 10.3. The van der Waals surface area contributed by atoms with Gasteiger partial charge in [-0.05, 0) is 63.9 Å². The lowest BCUT2D eigenvalue weighted by Gasteiger charge is -2.52. The Balaban J connectivity index is 1.31. The first-order valence-electron chi connectivity index (χ1n) is 13.0. The van der Waals surface area contributed by atoms with Crippen molar-refractivity contribution in [3.8, 4) is 0 Å². The Hall–Kier alpha value is -2.41. The van der Waals surface area contributed by atoms with Gasteiger partial charge in [0, 0.05) is 59.6 Å². The maximum absolute atomic E-state index is 7.80. The molecule has 3 saturated carbocycles. The molecule has 0 unspecified atom stereocenters. The summed E-state index contributed by atoms with van der Waals surface area (Å²) in [5.41, 5.74) is 12.9. The third-order valence-corrected chi connectivity index (χ3v) is 8.27. The number of pyridine rings is 1. The maximum atomic E-state index is 7.80. The van der Waals surface area contributed by atoms with Crippen molar-refractivity contribution in [3.05, 3.63) is 34.9 Å². The lowest BCUT2D eigenvalue weighted by molar-refractivity contribution is 0.0263. The molecule has 7 rings (SSSR count). The number of anilines is 1. The molecule has 7 nitrogen and oxygen atoms in total. The highest BCUT2D eigenvalue weighted by molar-refractivity contribution is 5.89. The molecule has 3 aromatic heterocycles. The van der Waals surface area contributed by atoms with Crippen molar-refractivity contribution in [1.82, 2.24) is 24.5 Å². The molecule has 3 fully saturated rings. The predicted octanol–water partition coefficient (Wildman–Crippen LogP) is 3.40. The fraction of sp³-hybridized carbons (Fsp3) is 0.625. The molecule has 1 aliphatic heterocycles. The fourth-order valence-corrected chi connectivity index (χ4v) is 6.21. The van der Waals surface area contributed by atoms with E-state index in [1.165, 1.54) is 30.5 Å². The maximum Gasteiger partial charge on any atom is 0.159 e. The van der Waals surface area contributed by atoms with Crippen molar-refractivity contribution in [1.29, 1.82) is 0 Å². The van der Waals surface area contributed by atoms with Gasteiger partial charge in [0.15, 0.2) is 5.65 Å². The molecule has 164 valence electrons. The number of fused-ring (bicyclic) bond motifs is 5. The van der Waals surface area contributed by atoms with Crippen LogP contribution < -0.4 is 10.6 Å². The van der Waals surface area contributed by atoms with E-state index in [2.05, 4.69) is 26.6 Å². The Bertz CT molecular complexity index is 1250. The highest BCUT2D eigenvalue weighted by Gasteiger charge is 2.47. The molecule has 0 amide bonds. The third kappa shape index (κ3) is 3.00. The van der Waals surface area contributed by atoms with Gasteiger partial charge in [0.1, 0.15) is 0 Å². The molecule has 4 heterocycles. The fourth-order valence-electron chi connectivity index (χ4n) is 6.21. The molecule has 31 heavy (non-hydrogen) atoms. The smallest absolute Gasteiger partial charge is 0.159 e. The van der Waals surface area contributed by atoms with Crippen molar-refractivity contribution in [2.24, 2.45) is 18.1 Å². The van der Waals surface area contributed by atoms with E-state index < -0.39 is 6.98 Å². The normalized spacial score (nSPS) is 29.6. The van der Waals surface area contributed by atoms with E-state index in [4.69, 9.17) is 14.9 Å². The first-order valence-corrected chi connectivity index (χ1v) is 11.5. The monoisotopic (exact) mass is 422 g/mol. The van der Waals surface area contributed by atoms with Gasteiger partial charge in [-0.25, -0.2) is 4.98 Å². The van der Waals surface area contributed by atoms with E-state index in [-0.39, 0.29) is 5.54 Å². The third-order valence-electron chi connectivity index (χ3n) is 8.27. The minimum absolute atomic E-state index is 0.0864. The van der Waals surface area contributed by atoms with Crippen LogP contribution in [0, 0.1) is 19.3 Å². The van der Waals surface area contributed by atoms with Crippen molar-refractivity contribution in [2.75, 3.05) is 11.4 Å². The van der Waals surface area contributed by atoms with Crippen LogP contribution in [-0.2, 0) is 26.5 Å². The van der Waals surface area contributed by atoms with Crippen LogP contribution in [0.4, 0.5) is 5.69 Å². The van der Waals surface area contributed by atoms with Gasteiger partial charge in [0.25, 0.3) is 0 Å². The number of aryl methyl sites for hydroxylation is 3. The number of hydrogen-bond acceptors (Lipinski definition) is 5. The first-order chi connectivity index (χ1) is 16.1. The summed E-state index contributed by atoms with van der Waals surface area (Å²) in [6.45, 7) is 4.29. The highest BCUT2D eigenvalue weighted by atomic mass is 15.3. The van der Waals surface area contributed by atoms with Gasteiger partial charge in [0.05, 0.1) is 23.0 Å². The van der Waals surface area contributed by atoms with Crippen molar-refractivity contribution in [3.63, 3.8) is 0 Å². The van der Waals surface area contributed by atoms with Crippen molar-refractivity contribution in [2.45, 2.75) is 77.4 Å². The van der Waals surface area contributed by atoms with Crippen LogP contribution in [0.5, 0.6) is 0 Å². The van der Waals surface area contributed by atoms with Gasteiger partial charge < -0.3 is 10.6 Å². The van der Waals surface area contributed by atoms with Crippen molar-refractivity contribution < 1.29 is 4.11 Å². The van der Waals surface area contributed by atoms with Gasteiger partial charge in [-0.15, -0.1) is 0 Å². The molecule has 7 heteroatoms. The van der Waals surface area contributed by atoms with Crippen LogP contribution in [0.25, 0.3) is 11.0 Å². The molecule has 0 radical (unpaired) electrons. The molecule has 2 bridgehead atoms. The summed E-state index contributed by atoms with van der Waals surface area (Å²) in [7, 11) is 0. The number of hydrogen-bond donors (Lipinski definition) is 1. The lowest BCUT2D eigenvalue weighted by Crippen LogP contribution is -2.53. The van der Waals surface area contributed by atoms with Gasteiger partial charge in [-0.3, -0.25) is 9.36 Å². The van der Waals surface area contributed by atoms with Gasteiger partial charge >= 0.3 is 0 Å². The lowest BCUT2D eigenvalue weighted by atomic mass is 9.57. The first kappa shape index (κ1) is 16.3. The van der Waals surface area contributed by atoms with E-state index in [1.807, 2.05) is 13.0 Å². The quantitative estimate of drug-likeness (QED) is 0.700. The zero-order valence-electron chi connectivity index (χ0n) is 21.5. The van der Waals surface area contributed by atoms with E-state index in [9.17, 15) is 0 Å². The topological polar surface area (TPSA) is 77.8 Å². The van der Waals surface area contributed by atoms with E-state index in [0.717, 1.165) is 72.5 Å². The summed E-state index contributed by atoms with van der Waals surface area (Å²) in [5, 5.41) is 9.95. The zero-order chi connectivity index (χ0) is 23.9. The molecule has 3 aromatic rings. The Morgan fingerprint density at radius 3 is 2.68 bits per heavy atom. The van der Waals surface area contributed by atoms with E-state index in [1.54, 1.807) is 6.20 Å². The molecule has 0 atom stereocenters. The number of rotatable bonds is 3. The Morgan fingerprint density at radius 1 is 1.16 bits per heavy atom. The molecule has 0 saturated heterocycles.